The molecule has 17 heavy (non-hydrogen) atoms. The van der Waals surface area contributed by atoms with Crippen molar-refractivity contribution >= 4 is 21.7 Å². The van der Waals surface area contributed by atoms with Crippen molar-refractivity contribution < 1.29 is 14.3 Å². The molecule has 1 atom stereocenters. The highest BCUT2D eigenvalue weighted by molar-refractivity contribution is 9.10. The van der Waals surface area contributed by atoms with Gasteiger partial charge in [-0.25, -0.2) is 0 Å². The minimum Gasteiger partial charge on any atom is -0.454 e. The third kappa shape index (κ3) is 2.27. The number of carbonyl (C=O) groups excluding carboxylic acids is 1. The normalized spacial score (nSPS) is 14.2. The van der Waals surface area contributed by atoms with Gasteiger partial charge in [-0.3, -0.25) is 4.79 Å². The molecule has 0 bridgehead atoms. The van der Waals surface area contributed by atoms with E-state index in [9.17, 15) is 4.79 Å². The minimum atomic E-state index is -0.313. The summed E-state index contributed by atoms with van der Waals surface area (Å²) < 4.78 is 11.2. The van der Waals surface area contributed by atoms with E-state index in [1.54, 1.807) is 19.1 Å². The van der Waals surface area contributed by atoms with Crippen molar-refractivity contribution in [3.05, 3.63) is 22.2 Å². The predicted octanol–water partition coefficient (Wildman–Crippen LogP) is 2.91. The molecule has 1 unspecified atom stereocenters. The average Bonchev–Trinajstić information content (AvgIpc) is 2.77. The van der Waals surface area contributed by atoms with Crippen molar-refractivity contribution in [2.24, 2.45) is 5.92 Å². The molecule has 88 valence electrons. The van der Waals surface area contributed by atoms with Crippen molar-refractivity contribution in [2.45, 2.75) is 13.3 Å². The Hall–Kier alpha value is -1.54. The summed E-state index contributed by atoms with van der Waals surface area (Å²) in [5.74, 6) is 0.805. The van der Waals surface area contributed by atoms with Crippen LogP contribution in [0.1, 0.15) is 23.7 Å². The van der Waals surface area contributed by atoms with E-state index in [-0.39, 0.29) is 24.9 Å². The molecule has 0 fully saturated rings. The summed E-state index contributed by atoms with van der Waals surface area (Å²) in [5.41, 5.74) is 0.531. The number of benzene rings is 1. The lowest BCUT2D eigenvalue weighted by Gasteiger charge is -2.08. The predicted molar refractivity (Wildman–Crippen MR) is 64.0 cm³/mol. The van der Waals surface area contributed by atoms with E-state index >= 15 is 0 Å². The SMILES string of the molecule is CC(CC#N)C(=O)c1cc(Br)c2c(c1)OCO2. The number of halogens is 1. The van der Waals surface area contributed by atoms with Crippen LogP contribution in [0.3, 0.4) is 0 Å². The molecule has 0 saturated carbocycles. The Labute approximate surface area is 107 Å². The molecular weight excluding hydrogens is 286 g/mol. The highest BCUT2D eigenvalue weighted by atomic mass is 79.9. The van der Waals surface area contributed by atoms with E-state index in [0.29, 0.717) is 21.5 Å². The molecule has 0 aliphatic carbocycles. The number of carbonyl (C=O) groups is 1. The number of ether oxygens (including phenoxy) is 2. The summed E-state index contributed by atoms with van der Waals surface area (Å²) >= 11 is 3.33. The molecule has 0 N–H and O–H groups in total. The first kappa shape index (κ1) is 11.9. The summed E-state index contributed by atoms with van der Waals surface area (Å²) in [6, 6.07) is 5.35. The van der Waals surface area contributed by atoms with Gasteiger partial charge in [0.1, 0.15) is 0 Å². The molecule has 0 radical (unpaired) electrons. The largest absolute Gasteiger partial charge is 0.454 e. The summed E-state index contributed by atoms with van der Waals surface area (Å²) in [5, 5.41) is 8.59. The van der Waals surface area contributed by atoms with Crippen LogP contribution in [0.4, 0.5) is 0 Å². The highest BCUT2D eigenvalue weighted by Gasteiger charge is 2.22. The Kier molecular flexibility index (Phi) is 3.34. The van der Waals surface area contributed by atoms with Crippen LogP contribution in [0.25, 0.3) is 0 Å². The van der Waals surface area contributed by atoms with Gasteiger partial charge < -0.3 is 9.47 Å². The molecule has 1 aliphatic rings. The first-order chi connectivity index (χ1) is 8.13. The lowest BCUT2D eigenvalue weighted by atomic mass is 9.97. The number of fused-ring (bicyclic) bond motifs is 1. The second-order valence-corrected chi connectivity index (χ2v) is 4.67. The quantitative estimate of drug-likeness (QED) is 0.805. The standard InChI is InChI=1S/C12H10BrNO3/c1-7(2-3-14)11(15)8-4-9(13)12-10(5-8)16-6-17-12/h4-5,7H,2,6H2,1H3. The van der Waals surface area contributed by atoms with Crippen molar-refractivity contribution in [3.63, 3.8) is 0 Å². The molecule has 2 rings (SSSR count). The average molecular weight is 296 g/mol. The molecule has 4 nitrogen and oxygen atoms in total. The van der Waals surface area contributed by atoms with Gasteiger partial charge in [0.2, 0.25) is 6.79 Å². The van der Waals surface area contributed by atoms with Crippen molar-refractivity contribution in [1.82, 2.24) is 0 Å². The van der Waals surface area contributed by atoms with Crippen LogP contribution in [-0.4, -0.2) is 12.6 Å². The number of hydrogen-bond acceptors (Lipinski definition) is 4. The number of nitrogens with zero attached hydrogens (tertiary/aromatic N) is 1. The number of rotatable bonds is 3. The smallest absolute Gasteiger partial charge is 0.231 e. The Morgan fingerprint density at radius 3 is 3.06 bits per heavy atom. The van der Waals surface area contributed by atoms with E-state index in [1.807, 2.05) is 6.07 Å². The summed E-state index contributed by atoms with van der Waals surface area (Å²) in [6.07, 6.45) is 0.213. The Balaban J connectivity index is 2.32. The number of Topliss-reactive ketones (excluding diaryl/α,β-unsaturated/α-hetero) is 1. The molecule has 0 amide bonds. The first-order valence-electron chi connectivity index (χ1n) is 5.13. The summed E-state index contributed by atoms with van der Waals surface area (Å²) in [6.45, 7) is 1.91. The zero-order valence-corrected chi connectivity index (χ0v) is 10.8. The molecule has 1 aromatic rings. The van der Waals surface area contributed by atoms with Gasteiger partial charge in [-0.15, -0.1) is 0 Å². The molecule has 0 saturated heterocycles. The Morgan fingerprint density at radius 1 is 1.59 bits per heavy atom. The van der Waals surface area contributed by atoms with Crippen LogP contribution in [-0.2, 0) is 0 Å². The fourth-order valence-corrected chi connectivity index (χ4v) is 2.18. The van der Waals surface area contributed by atoms with E-state index < -0.39 is 0 Å². The molecule has 1 heterocycles. The highest BCUT2D eigenvalue weighted by Crippen LogP contribution is 2.40. The van der Waals surface area contributed by atoms with Crippen LogP contribution >= 0.6 is 15.9 Å². The maximum Gasteiger partial charge on any atom is 0.231 e. The Morgan fingerprint density at radius 2 is 2.35 bits per heavy atom. The first-order valence-corrected chi connectivity index (χ1v) is 5.93. The number of ketones is 1. The van der Waals surface area contributed by atoms with E-state index in [1.165, 1.54) is 0 Å². The molecule has 1 aliphatic heterocycles. The van der Waals surface area contributed by atoms with Gasteiger partial charge in [0.05, 0.1) is 10.5 Å². The summed E-state index contributed by atoms with van der Waals surface area (Å²) in [7, 11) is 0. The molecular formula is C12H10BrNO3. The van der Waals surface area contributed by atoms with Crippen LogP contribution in [0.15, 0.2) is 16.6 Å². The van der Waals surface area contributed by atoms with Crippen LogP contribution in [0, 0.1) is 17.2 Å². The second-order valence-electron chi connectivity index (χ2n) is 3.82. The van der Waals surface area contributed by atoms with Gasteiger partial charge in [-0.1, -0.05) is 6.92 Å². The van der Waals surface area contributed by atoms with E-state index in [4.69, 9.17) is 14.7 Å². The van der Waals surface area contributed by atoms with Gasteiger partial charge in [0.15, 0.2) is 17.3 Å². The monoisotopic (exact) mass is 295 g/mol. The Bertz CT molecular complexity index is 507. The molecule has 5 heteroatoms. The van der Waals surface area contributed by atoms with Gasteiger partial charge in [0, 0.05) is 17.9 Å². The zero-order valence-electron chi connectivity index (χ0n) is 9.20. The number of hydrogen-bond donors (Lipinski definition) is 0. The molecule has 0 spiro atoms. The van der Waals surface area contributed by atoms with Crippen LogP contribution < -0.4 is 9.47 Å². The topological polar surface area (TPSA) is 59.3 Å². The lowest BCUT2D eigenvalue weighted by molar-refractivity contribution is 0.0931. The second kappa shape index (κ2) is 4.76. The third-order valence-corrected chi connectivity index (χ3v) is 3.15. The molecule has 0 aromatic heterocycles. The van der Waals surface area contributed by atoms with E-state index in [2.05, 4.69) is 15.9 Å². The van der Waals surface area contributed by atoms with Gasteiger partial charge in [-0.05, 0) is 28.1 Å². The van der Waals surface area contributed by atoms with Gasteiger partial charge >= 0.3 is 0 Å². The van der Waals surface area contributed by atoms with Gasteiger partial charge in [-0.2, -0.15) is 5.26 Å². The minimum absolute atomic E-state index is 0.0643. The van der Waals surface area contributed by atoms with E-state index in [0.717, 1.165) is 0 Å². The zero-order chi connectivity index (χ0) is 12.4. The van der Waals surface area contributed by atoms with Crippen molar-refractivity contribution in [3.8, 4) is 17.6 Å². The summed E-state index contributed by atoms with van der Waals surface area (Å²) in [4.78, 5) is 12.0. The lowest BCUT2D eigenvalue weighted by Crippen LogP contribution is -2.10. The van der Waals surface area contributed by atoms with Crippen LogP contribution in [0.2, 0.25) is 0 Å². The van der Waals surface area contributed by atoms with Crippen LogP contribution in [0.5, 0.6) is 11.5 Å². The fraction of sp³-hybridized carbons (Fsp3) is 0.333. The fourth-order valence-electron chi connectivity index (χ4n) is 1.62. The maximum absolute atomic E-state index is 12.0. The number of nitriles is 1. The van der Waals surface area contributed by atoms with Crippen molar-refractivity contribution in [1.29, 1.82) is 5.26 Å². The molecule has 1 aromatic carbocycles. The van der Waals surface area contributed by atoms with Crippen molar-refractivity contribution in [2.75, 3.05) is 6.79 Å². The third-order valence-electron chi connectivity index (χ3n) is 2.56. The maximum atomic E-state index is 12.0. The van der Waals surface area contributed by atoms with Gasteiger partial charge in [0.25, 0.3) is 0 Å².